The first-order chi connectivity index (χ1) is 15.5. The number of nitrogens with zero attached hydrogens (tertiary/aromatic N) is 1. The summed E-state index contributed by atoms with van der Waals surface area (Å²) in [4.78, 5) is 28.4. The molecule has 0 bridgehead atoms. The van der Waals surface area contributed by atoms with Gasteiger partial charge in [0, 0.05) is 13.7 Å². The van der Waals surface area contributed by atoms with Crippen LogP contribution in [-0.2, 0) is 4.74 Å². The number of fused-ring (bicyclic) bond motifs is 2. The highest BCUT2D eigenvalue weighted by Crippen LogP contribution is 2.38. The summed E-state index contributed by atoms with van der Waals surface area (Å²) in [6, 6.07) is 12.5. The Hall–Kier alpha value is -3.12. The number of carbonyl (C=O) groups excluding carboxylic acids is 1. The molecule has 1 amide bonds. The smallest absolute Gasteiger partial charge is 0.290 e. The van der Waals surface area contributed by atoms with Crippen LogP contribution in [0.15, 0.2) is 51.7 Å². The molecule has 0 fully saturated rings. The van der Waals surface area contributed by atoms with Gasteiger partial charge in [0.25, 0.3) is 5.91 Å². The molecule has 2 aromatic carbocycles. The van der Waals surface area contributed by atoms with Crippen molar-refractivity contribution >= 4 is 16.9 Å². The Labute approximate surface area is 187 Å². The van der Waals surface area contributed by atoms with Gasteiger partial charge in [0.15, 0.2) is 5.43 Å². The molecule has 6 heteroatoms. The summed E-state index contributed by atoms with van der Waals surface area (Å²) in [6.45, 7) is 5.48. The van der Waals surface area contributed by atoms with Crippen molar-refractivity contribution in [1.82, 2.24) is 4.90 Å². The summed E-state index contributed by atoms with van der Waals surface area (Å²) in [5.74, 6) is 0.605. The van der Waals surface area contributed by atoms with Gasteiger partial charge in [0.05, 0.1) is 30.2 Å². The molecule has 0 N–H and O–H groups in total. The van der Waals surface area contributed by atoms with Crippen molar-refractivity contribution in [2.24, 2.45) is 0 Å². The first kappa shape index (κ1) is 22.1. The molecule has 0 saturated heterocycles. The van der Waals surface area contributed by atoms with Crippen LogP contribution in [0.4, 0.5) is 0 Å². The maximum Gasteiger partial charge on any atom is 0.290 e. The zero-order valence-electron chi connectivity index (χ0n) is 18.8. The number of ether oxygens (including phenoxy) is 2. The lowest BCUT2D eigenvalue weighted by Crippen LogP contribution is -2.32. The fraction of sp³-hybridized carbons (Fsp3) is 0.385. The Morgan fingerprint density at radius 2 is 1.81 bits per heavy atom. The maximum atomic E-state index is 13.5. The summed E-state index contributed by atoms with van der Waals surface area (Å²) >= 11 is 0. The van der Waals surface area contributed by atoms with Crippen LogP contribution in [0.2, 0.25) is 0 Å². The van der Waals surface area contributed by atoms with Gasteiger partial charge < -0.3 is 18.8 Å². The molecule has 4 rings (SSSR count). The highest BCUT2D eigenvalue weighted by molar-refractivity contribution is 5.99. The Balaban J connectivity index is 1.74. The average molecular weight is 436 g/mol. The van der Waals surface area contributed by atoms with Gasteiger partial charge in [0.2, 0.25) is 5.76 Å². The molecule has 1 unspecified atom stereocenters. The minimum atomic E-state index is -0.525. The van der Waals surface area contributed by atoms with Gasteiger partial charge in [-0.15, -0.1) is 0 Å². The molecule has 0 spiro atoms. The summed E-state index contributed by atoms with van der Waals surface area (Å²) in [7, 11) is 1.59. The molecular weight excluding hydrogens is 406 g/mol. The second-order valence-electron chi connectivity index (χ2n) is 8.19. The molecule has 32 heavy (non-hydrogen) atoms. The molecule has 2 heterocycles. The third-order valence-corrected chi connectivity index (χ3v) is 5.87. The van der Waals surface area contributed by atoms with E-state index in [0.29, 0.717) is 36.3 Å². The molecule has 3 aromatic rings. The van der Waals surface area contributed by atoms with Crippen molar-refractivity contribution in [2.45, 2.75) is 39.2 Å². The molecule has 0 radical (unpaired) electrons. The van der Waals surface area contributed by atoms with E-state index in [0.717, 1.165) is 36.1 Å². The molecule has 6 nitrogen and oxygen atoms in total. The summed E-state index contributed by atoms with van der Waals surface area (Å²) in [5, 5.41) is 0.492. The van der Waals surface area contributed by atoms with Gasteiger partial charge in [-0.1, -0.05) is 43.5 Å². The average Bonchev–Trinajstić information content (AvgIpc) is 3.08. The predicted octanol–water partition coefficient (Wildman–Crippen LogP) is 4.86. The number of benzene rings is 2. The third-order valence-electron chi connectivity index (χ3n) is 5.87. The topological polar surface area (TPSA) is 69.0 Å². The van der Waals surface area contributed by atoms with E-state index in [1.165, 1.54) is 0 Å². The van der Waals surface area contributed by atoms with E-state index in [-0.39, 0.29) is 17.1 Å². The first-order valence-electron chi connectivity index (χ1n) is 11.1. The monoisotopic (exact) mass is 435 g/mol. The van der Waals surface area contributed by atoms with E-state index >= 15 is 0 Å². The summed E-state index contributed by atoms with van der Waals surface area (Å²) in [5.41, 5.74) is 2.46. The molecule has 0 aliphatic carbocycles. The van der Waals surface area contributed by atoms with E-state index in [1.807, 2.05) is 43.3 Å². The van der Waals surface area contributed by atoms with Gasteiger partial charge in [-0.2, -0.15) is 0 Å². The van der Waals surface area contributed by atoms with Crippen molar-refractivity contribution in [2.75, 3.05) is 26.9 Å². The lowest BCUT2D eigenvalue weighted by molar-refractivity contribution is 0.0663. The molecule has 0 saturated carbocycles. The van der Waals surface area contributed by atoms with Crippen molar-refractivity contribution in [1.29, 1.82) is 0 Å². The summed E-state index contributed by atoms with van der Waals surface area (Å²) < 4.78 is 17.0. The first-order valence-corrected chi connectivity index (χ1v) is 11.1. The molecule has 1 aromatic heterocycles. The van der Waals surface area contributed by atoms with Crippen LogP contribution in [0.1, 0.15) is 59.5 Å². The largest absolute Gasteiger partial charge is 0.494 e. The van der Waals surface area contributed by atoms with E-state index in [2.05, 4.69) is 6.92 Å². The Bertz CT molecular complexity index is 1170. The third kappa shape index (κ3) is 4.15. The van der Waals surface area contributed by atoms with E-state index < -0.39 is 6.04 Å². The number of carbonyl (C=O) groups is 1. The van der Waals surface area contributed by atoms with Gasteiger partial charge in [-0.05, 0) is 43.2 Å². The zero-order valence-corrected chi connectivity index (χ0v) is 18.8. The van der Waals surface area contributed by atoms with E-state index in [9.17, 15) is 9.59 Å². The van der Waals surface area contributed by atoms with Crippen LogP contribution in [0, 0.1) is 6.92 Å². The normalized spacial score (nSPS) is 15.4. The van der Waals surface area contributed by atoms with Crippen LogP contribution in [0.5, 0.6) is 5.75 Å². The second-order valence-corrected chi connectivity index (χ2v) is 8.19. The number of aryl methyl sites for hydroxylation is 1. The van der Waals surface area contributed by atoms with Gasteiger partial charge in [-0.25, -0.2) is 0 Å². The van der Waals surface area contributed by atoms with Crippen LogP contribution < -0.4 is 10.2 Å². The second kappa shape index (κ2) is 9.57. The zero-order chi connectivity index (χ0) is 22.7. The Morgan fingerprint density at radius 1 is 1.03 bits per heavy atom. The molecular formula is C26H29NO5. The standard InChI is InChI=1S/C26H29NO5/c1-4-5-6-14-31-19-10-8-18(9-11-19)23-22-24(28)20-16-17(2)7-12-21(20)32-25(22)26(29)27(23)13-15-30-3/h7-12,16,23H,4-6,13-15H2,1-3H3. The van der Waals surface area contributed by atoms with Gasteiger partial charge in [0.1, 0.15) is 11.3 Å². The van der Waals surface area contributed by atoms with Crippen molar-refractivity contribution in [3.63, 3.8) is 0 Å². The Morgan fingerprint density at radius 3 is 2.53 bits per heavy atom. The Kier molecular flexibility index (Phi) is 6.61. The van der Waals surface area contributed by atoms with Crippen molar-refractivity contribution in [3.05, 3.63) is 75.1 Å². The van der Waals surface area contributed by atoms with Crippen molar-refractivity contribution in [3.8, 4) is 5.75 Å². The predicted molar refractivity (Wildman–Crippen MR) is 123 cm³/mol. The summed E-state index contributed by atoms with van der Waals surface area (Å²) in [6.07, 6.45) is 3.29. The lowest BCUT2D eigenvalue weighted by Gasteiger charge is -2.25. The van der Waals surface area contributed by atoms with E-state index in [1.54, 1.807) is 18.1 Å². The lowest BCUT2D eigenvalue weighted by atomic mass is 9.98. The number of hydrogen-bond acceptors (Lipinski definition) is 5. The van der Waals surface area contributed by atoms with Crippen LogP contribution >= 0.6 is 0 Å². The molecule has 1 atom stereocenters. The highest BCUT2D eigenvalue weighted by atomic mass is 16.5. The molecule has 1 aliphatic heterocycles. The van der Waals surface area contributed by atoms with Crippen LogP contribution in [0.3, 0.4) is 0 Å². The quantitative estimate of drug-likeness (QED) is 0.449. The SMILES string of the molecule is CCCCCOc1ccc(C2c3c(oc4ccc(C)cc4c3=O)C(=O)N2CCOC)cc1. The fourth-order valence-corrected chi connectivity index (χ4v) is 4.19. The number of unbranched alkanes of at least 4 members (excludes halogenated alkanes) is 2. The van der Waals surface area contributed by atoms with Crippen LogP contribution in [-0.4, -0.2) is 37.7 Å². The number of hydrogen-bond donors (Lipinski definition) is 0. The molecule has 1 aliphatic rings. The van der Waals surface area contributed by atoms with E-state index in [4.69, 9.17) is 13.9 Å². The number of amides is 1. The maximum absolute atomic E-state index is 13.5. The van der Waals surface area contributed by atoms with Crippen LogP contribution in [0.25, 0.3) is 11.0 Å². The fourth-order valence-electron chi connectivity index (χ4n) is 4.19. The van der Waals surface area contributed by atoms with Crippen molar-refractivity contribution < 1.29 is 18.7 Å². The minimum absolute atomic E-state index is 0.118. The van der Waals surface area contributed by atoms with Gasteiger partial charge >= 0.3 is 0 Å². The van der Waals surface area contributed by atoms with Gasteiger partial charge in [-0.3, -0.25) is 9.59 Å². The number of rotatable bonds is 9. The molecule has 168 valence electrons. The number of methoxy groups -OCH3 is 1. The highest BCUT2D eigenvalue weighted by Gasteiger charge is 2.42. The minimum Gasteiger partial charge on any atom is -0.494 e.